The third kappa shape index (κ3) is 12.8. The lowest BCUT2D eigenvalue weighted by atomic mass is 10.2. The molecule has 0 aliphatic heterocycles. The van der Waals surface area contributed by atoms with E-state index >= 15 is 0 Å². The van der Waals surface area contributed by atoms with Crippen LogP contribution in [0, 0.1) is 0 Å². The maximum Gasteiger partial charge on any atom is 0.416 e. The summed E-state index contributed by atoms with van der Waals surface area (Å²) in [5, 5.41) is 14.9. The molecule has 6 aromatic rings. The van der Waals surface area contributed by atoms with Crippen LogP contribution in [0.1, 0.15) is 31.8 Å². The minimum absolute atomic E-state index is 0.0222. The number of phenols is 1. The number of nitrogens with zero attached hydrogens (tertiary/aromatic N) is 4. The van der Waals surface area contributed by atoms with Gasteiger partial charge >= 0.3 is 23.8 Å². The molecule has 0 spiro atoms. The Labute approximate surface area is 352 Å². The Bertz CT molecular complexity index is 2530. The minimum atomic E-state index is -4.48. The SMILES string of the molecule is CN(C)C(=O)Cl.CN(C)C(=O)Oc1ccc(Cl)cc1C(=O)Nc1nc2ccc(C(F)(F)F)cc2s1.O=C(Nc1nc2ccc(C(F)(F)F)cc2s1)c1cc(Cl)ccc1O. The normalized spacial score (nSPS) is 11.1. The maximum absolute atomic E-state index is 12.9. The number of thiazole rings is 2. The highest BCUT2D eigenvalue weighted by Gasteiger charge is 2.32. The number of benzene rings is 4. The van der Waals surface area contributed by atoms with Crippen LogP contribution in [-0.2, 0) is 12.4 Å². The third-order valence-corrected chi connectivity index (χ3v) is 9.85. The summed E-state index contributed by atoms with van der Waals surface area (Å²) in [7, 11) is 6.15. The van der Waals surface area contributed by atoms with E-state index in [0.29, 0.717) is 11.0 Å². The lowest BCUT2D eigenvalue weighted by Crippen LogP contribution is -2.26. The molecule has 0 aliphatic carbocycles. The molecule has 0 fully saturated rings. The zero-order chi connectivity index (χ0) is 44.0. The third-order valence-electron chi connectivity index (χ3n) is 7.18. The van der Waals surface area contributed by atoms with Gasteiger partial charge in [-0.25, -0.2) is 14.8 Å². The van der Waals surface area contributed by atoms with Gasteiger partial charge < -0.3 is 19.6 Å². The number of carbonyl (C=O) groups is 4. The number of alkyl halides is 6. The summed E-state index contributed by atoms with van der Waals surface area (Å²) in [5.74, 6) is -1.63. The molecule has 0 atom stereocenters. The predicted molar refractivity (Wildman–Crippen MR) is 214 cm³/mol. The quantitative estimate of drug-likeness (QED) is 0.0877. The van der Waals surface area contributed by atoms with Crippen molar-refractivity contribution in [1.29, 1.82) is 0 Å². The molecular formula is C36H27Cl3F6N6O6S2. The first-order valence-corrected chi connectivity index (χ1v) is 18.8. The number of aromatic nitrogens is 2. The van der Waals surface area contributed by atoms with Crippen LogP contribution in [0.5, 0.6) is 11.5 Å². The molecule has 0 radical (unpaired) electrons. The highest BCUT2D eigenvalue weighted by atomic mass is 35.5. The fourth-order valence-electron chi connectivity index (χ4n) is 4.28. The first kappa shape index (κ1) is 46.3. The number of rotatable bonds is 5. The van der Waals surface area contributed by atoms with E-state index < -0.39 is 46.8 Å². The van der Waals surface area contributed by atoms with Crippen molar-refractivity contribution < 1.29 is 55.4 Å². The number of nitrogens with one attached hydrogen (secondary N) is 2. The van der Waals surface area contributed by atoms with Gasteiger partial charge in [-0.2, -0.15) is 26.3 Å². The topological polar surface area (TPSA) is 154 Å². The van der Waals surface area contributed by atoms with Gasteiger partial charge in [0, 0.05) is 38.2 Å². The number of halogens is 9. The molecule has 2 aromatic heterocycles. The highest BCUT2D eigenvalue weighted by Crippen LogP contribution is 2.36. The highest BCUT2D eigenvalue weighted by molar-refractivity contribution is 7.22. The molecule has 0 unspecified atom stereocenters. The largest absolute Gasteiger partial charge is 0.507 e. The molecule has 23 heteroatoms. The molecule has 6 rings (SSSR count). The lowest BCUT2D eigenvalue weighted by Gasteiger charge is -2.13. The average molecular weight is 924 g/mol. The van der Waals surface area contributed by atoms with E-state index in [2.05, 4.69) is 20.6 Å². The Morgan fingerprint density at radius 3 is 1.51 bits per heavy atom. The van der Waals surface area contributed by atoms with Gasteiger partial charge in [-0.1, -0.05) is 45.9 Å². The van der Waals surface area contributed by atoms with E-state index in [1.54, 1.807) is 14.1 Å². The number of ether oxygens (including phenoxy) is 1. The van der Waals surface area contributed by atoms with E-state index in [4.69, 9.17) is 39.5 Å². The monoisotopic (exact) mass is 922 g/mol. The maximum atomic E-state index is 12.9. The van der Waals surface area contributed by atoms with Crippen LogP contribution in [0.15, 0.2) is 72.8 Å². The standard InChI is InChI=1S/C18H13ClF3N3O3S.C15H8ClF3N2O2S.C3H6ClNO/c1-25(2)17(27)28-13-6-4-10(19)8-11(13)15(26)24-16-23-12-5-3-9(18(20,21)22)7-14(12)29-16;16-8-2-4-11(22)9(6-8)13(23)21-14-20-10-3-1-7(15(17,18)19)5-12(10)24-14;1-5(2)3(4)6/h3-8H,1-2H3,(H,23,24,26);1-6,22H,(H,20,21,23);1-2H3. The van der Waals surface area contributed by atoms with E-state index in [9.17, 15) is 50.6 Å². The van der Waals surface area contributed by atoms with Gasteiger partial charge in [-0.3, -0.25) is 25.0 Å². The number of carbonyl (C=O) groups excluding carboxylic acids is 4. The zero-order valence-electron chi connectivity index (χ0n) is 30.4. The Kier molecular flexibility index (Phi) is 15.0. The summed E-state index contributed by atoms with van der Waals surface area (Å²) >= 11 is 18.4. The van der Waals surface area contributed by atoms with Gasteiger partial charge in [0.15, 0.2) is 10.3 Å². The first-order chi connectivity index (χ1) is 27.4. The Hall–Kier alpha value is -5.41. The molecule has 0 saturated heterocycles. The molecule has 0 saturated carbocycles. The van der Waals surface area contributed by atoms with Crippen molar-refractivity contribution >= 4 is 111 Å². The molecule has 59 heavy (non-hydrogen) atoms. The van der Waals surface area contributed by atoms with Crippen LogP contribution in [0.25, 0.3) is 20.4 Å². The van der Waals surface area contributed by atoms with E-state index in [1.165, 1.54) is 72.4 Å². The number of phenolic OH excluding ortho intramolecular Hbond substituents is 1. The van der Waals surface area contributed by atoms with Crippen LogP contribution in [-0.4, -0.2) is 76.3 Å². The number of aromatic hydroxyl groups is 1. The van der Waals surface area contributed by atoms with Gasteiger partial charge in [0.05, 0.1) is 42.7 Å². The summed E-state index contributed by atoms with van der Waals surface area (Å²) in [4.78, 5) is 57.1. The molecule has 3 N–H and O–H groups in total. The molecule has 4 aromatic carbocycles. The van der Waals surface area contributed by atoms with Crippen LogP contribution >= 0.6 is 57.5 Å². The lowest BCUT2D eigenvalue weighted by molar-refractivity contribution is -0.138. The molecule has 4 amide bonds. The number of hydrogen-bond donors (Lipinski definition) is 3. The second-order valence-corrected chi connectivity index (χ2v) is 15.3. The van der Waals surface area contributed by atoms with E-state index in [1.807, 2.05) is 0 Å². The van der Waals surface area contributed by atoms with Crippen molar-refractivity contribution in [2.24, 2.45) is 0 Å². The summed E-state index contributed by atoms with van der Waals surface area (Å²) in [5.41, 5.74) is -1.04. The molecule has 0 bridgehead atoms. The number of amides is 4. The Morgan fingerprint density at radius 1 is 0.661 bits per heavy atom. The van der Waals surface area contributed by atoms with Crippen molar-refractivity contribution in [2.75, 3.05) is 38.8 Å². The Balaban J connectivity index is 0.000000232. The van der Waals surface area contributed by atoms with Crippen molar-refractivity contribution in [3.8, 4) is 11.5 Å². The van der Waals surface area contributed by atoms with Crippen molar-refractivity contribution in [1.82, 2.24) is 19.8 Å². The van der Waals surface area contributed by atoms with Crippen molar-refractivity contribution in [3.05, 3.63) is 105 Å². The number of fused-ring (bicyclic) bond motifs is 2. The second-order valence-electron chi connectivity index (χ2n) is 12.0. The molecule has 12 nitrogen and oxygen atoms in total. The van der Waals surface area contributed by atoms with Gasteiger partial charge in [0.1, 0.15) is 11.5 Å². The molecule has 2 heterocycles. The zero-order valence-corrected chi connectivity index (χ0v) is 34.3. The van der Waals surface area contributed by atoms with Crippen molar-refractivity contribution in [3.63, 3.8) is 0 Å². The van der Waals surface area contributed by atoms with Crippen LogP contribution in [0.2, 0.25) is 10.0 Å². The second kappa shape index (κ2) is 19.1. The number of hydrogen-bond acceptors (Lipinski definition) is 10. The Morgan fingerprint density at radius 2 is 1.08 bits per heavy atom. The molecular weight excluding hydrogens is 897 g/mol. The fraction of sp³-hybridized carbons (Fsp3) is 0.167. The van der Waals surface area contributed by atoms with E-state index in [-0.39, 0.29) is 52.3 Å². The van der Waals surface area contributed by atoms with Crippen LogP contribution < -0.4 is 15.4 Å². The summed E-state index contributed by atoms with van der Waals surface area (Å²) in [6.07, 6.45) is -9.62. The number of anilines is 2. The summed E-state index contributed by atoms with van der Waals surface area (Å²) in [6.45, 7) is 0. The van der Waals surface area contributed by atoms with Gasteiger partial charge in [0.25, 0.3) is 11.8 Å². The van der Waals surface area contributed by atoms with Crippen LogP contribution in [0.4, 0.5) is 46.2 Å². The van der Waals surface area contributed by atoms with Crippen molar-refractivity contribution in [2.45, 2.75) is 12.4 Å². The summed E-state index contributed by atoms with van der Waals surface area (Å²) in [6, 6.07) is 14.3. The molecule has 312 valence electrons. The van der Waals surface area contributed by atoms with Crippen LogP contribution in [0.3, 0.4) is 0 Å². The van der Waals surface area contributed by atoms with Gasteiger partial charge in [-0.05, 0) is 84.4 Å². The smallest absolute Gasteiger partial charge is 0.416 e. The first-order valence-electron chi connectivity index (χ1n) is 16.0. The average Bonchev–Trinajstić information content (AvgIpc) is 3.75. The molecule has 0 aliphatic rings. The van der Waals surface area contributed by atoms with Gasteiger partial charge in [-0.15, -0.1) is 0 Å². The summed E-state index contributed by atoms with van der Waals surface area (Å²) < 4.78 is 82.4. The van der Waals surface area contributed by atoms with E-state index in [0.717, 1.165) is 46.9 Å². The minimum Gasteiger partial charge on any atom is -0.507 e. The predicted octanol–water partition coefficient (Wildman–Crippen LogP) is 11.1. The van der Waals surface area contributed by atoms with Gasteiger partial charge in [0.2, 0.25) is 0 Å². The fourth-order valence-corrected chi connectivity index (χ4v) is 6.43.